The summed E-state index contributed by atoms with van der Waals surface area (Å²) in [5.41, 5.74) is 1.51. The molecule has 174 valence electrons. The molecule has 2 aromatic carbocycles. The van der Waals surface area contributed by atoms with Crippen molar-refractivity contribution < 1.29 is 19.4 Å². The zero-order valence-electron chi connectivity index (χ0n) is 18.0. The number of hydrogen-bond donors (Lipinski definition) is 1. The number of rotatable bonds is 6. The molecule has 3 aromatic rings. The molecule has 1 aliphatic rings. The third-order valence-electron chi connectivity index (χ3n) is 5.24. The van der Waals surface area contributed by atoms with Crippen LogP contribution in [-0.2, 0) is 4.79 Å². The summed E-state index contributed by atoms with van der Waals surface area (Å²) in [5, 5.41) is 33.3. The maximum absolute atomic E-state index is 12.6. The first-order valence-corrected chi connectivity index (χ1v) is 10.9. The highest BCUT2D eigenvalue weighted by Gasteiger charge is 2.34. The van der Waals surface area contributed by atoms with Crippen LogP contribution < -0.4 is 10.2 Å². The number of nitrogens with zero attached hydrogens (tertiary/aromatic N) is 5. The molecule has 1 atom stereocenters. The number of nitro groups is 2. The van der Waals surface area contributed by atoms with Crippen molar-refractivity contribution in [3.8, 4) is 0 Å². The molecule has 1 aliphatic heterocycles. The molecule has 34 heavy (non-hydrogen) atoms. The van der Waals surface area contributed by atoms with Crippen LogP contribution in [0.5, 0.6) is 0 Å². The van der Waals surface area contributed by atoms with Crippen LogP contribution in [0.4, 0.5) is 22.2 Å². The van der Waals surface area contributed by atoms with Gasteiger partial charge in [0.2, 0.25) is 11.0 Å². The average molecular weight is 482 g/mol. The minimum absolute atomic E-state index is 0.0420. The van der Waals surface area contributed by atoms with Crippen LogP contribution in [0.1, 0.15) is 38.8 Å². The highest BCUT2D eigenvalue weighted by molar-refractivity contribution is 7.15. The minimum Gasteiger partial charge on any atom is -0.312 e. The number of aryl methyl sites for hydroxylation is 2. The van der Waals surface area contributed by atoms with E-state index in [4.69, 9.17) is 0 Å². The van der Waals surface area contributed by atoms with Gasteiger partial charge in [-0.05, 0) is 37.1 Å². The molecule has 2 amide bonds. The van der Waals surface area contributed by atoms with Crippen molar-refractivity contribution >= 4 is 45.3 Å². The van der Waals surface area contributed by atoms with Crippen molar-refractivity contribution in [1.82, 2.24) is 10.2 Å². The van der Waals surface area contributed by atoms with E-state index in [2.05, 4.69) is 15.5 Å². The van der Waals surface area contributed by atoms with Gasteiger partial charge in [0.05, 0.1) is 21.5 Å². The number of non-ortho nitro benzene ring substituents is 2. The van der Waals surface area contributed by atoms with Crippen LogP contribution in [0, 0.1) is 34.1 Å². The van der Waals surface area contributed by atoms with Crippen LogP contribution >= 0.6 is 11.3 Å². The first-order valence-electron chi connectivity index (χ1n) is 10.1. The second-order valence-corrected chi connectivity index (χ2v) is 8.91. The van der Waals surface area contributed by atoms with Gasteiger partial charge in [-0.1, -0.05) is 17.4 Å². The first kappa shape index (κ1) is 22.9. The zero-order chi connectivity index (χ0) is 24.6. The van der Waals surface area contributed by atoms with E-state index >= 15 is 0 Å². The standard InChI is InChI=1S/C21H18N6O6S/c1-11-3-12(2)5-15(4-11)25-10-14(8-18(25)28)20-23-24-21(34-20)22-19(29)13-6-16(26(30)31)9-17(7-13)27(32)33/h3-7,9,14H,8,10H2,1-2H3,(H,22,24,29). The van der Waals surface area contributed by atoms with E-state index in [1.54, 1.807) is 4.90 Å². The predicted octanol–water partition coefficient (Wildman–Crippen LogP) is 3.74. The second kappa shape index (κ2) is 8.94. The van der Waals surface area contributed by atoms with Gasteiger partial charge in [0.1, 0.15) is 5.01 Å². The molecule has 12 nitrogen and oxygen atoms in total. The molecule has 1 N–H and O–H groups in total. The molecule has 1 saturated heterocycles. The SMILES string of the molecule is Cc1cc(C)cc(N2CC(c3nnc(NC(=O)c4cc([N+](=O)[O-])cc([N+](=O)[O-])c4)s3)CC2=O)c1. The number of carbonyl (C=O) groups is 2. The number of nitro benzene ring substituents is 2. The number of aromatic nitrogens is 2. The summed E-state index contributed by atoms with van der Waals surface area (Å²) in [5.74, 6) is -1.05. The Morgan fingerprint density at radius 3 is 2.24 bits per heavy atom. The molecule has 0 spiro atoms. The Balaban J connectivity index is 1.50. The Labute approximate surface area is 196 Å². The molecule has 0 saturated carbocycles. The number of nitrogens with one attached hydrogen (secondary N) is 1. The first-order chi connectivity index (χ1) is 16.1. The highest BCUT2D eigenvalue weighted by atomic mass is 32.1. The molecule has 1 aromatic heterocycles. The molecule has 1 fully saturated rings. The Morgan fingerprint density at radius 1 is 1.03 bits per heavy atom. The van der Waals surface area contributed by atoms with E-state index < -0.39 is 27.1 Å². The fourth-order valence-electron chi connectivity index (χ4n) is 3.79. The number of carbonyl (C=O) groups excluding carboxylic acids is 2. The van der Waals surface area contributed by atoms with Crippen molar-refractivity contribution in [2.24, 2.45) is 0 Å². The topological polar surface area (TPSA) is 161 Å². The minimum atomic E-state index is -0.814. The lowest BCUT2D eigenvalue weighted by molar-refractivity contribution is -0.394. The van der Waals surface area contributed by atoms with Gasteiger partial charge in [0, 0.05) is 36.7 Å². The van der Waals surface area contributed by atoms with E-state index in [0.29, 0.717) is 11.6 Å². The van der Waals surface area contributed by atoms with Gasteiger partial charge in [-0.25, -0.2) is 0 Å². The Bertz CT molecular complexity index is 1290. The summed E-state index contributed by atoms with van der Waals surface area (Å²) in [6, 6.07) is 8.58. The fourth-order valence-corrected chi connectivity index (χ4v) is 4.62. The lowest BCUT2D eigenvalue weighted by atomic mass is 10.1. The summed E-state index contributed by atoms with van der Waals surface area (Å²) in [7, 11) is 0. The third kappa shape index (κ3) is 4.73. The summed E-state index contributed by atoms with van der Waals surface area (Å²) in [6.45, 7) is 4.34. The Kier molecular flexibility index (Phi) is 6.03. The van der Waals surface area contributed by atoms with Gasteiger partial charge in [0.25, 0.3) is 17.3 Å². The largest absolute Gasteiger partial charge is 0.312 e. The van der Waals surface area contributed by atoms with E-state index in [9.17, 15) is 29.8 Å². The molecular formula is C21H18N6O6S. The number of benzene rings is 2. The second-order valence-electron chi connectivity index (χ2n) is 7.90. The summed E-state index contributed by atoms with van der Waals surface area (Å²) < 4.78 is 0. The van der Waals surface area contributed by atoms with Gasteiger partial charge in [-0.3, -0.25) is 35.1 Å². The van der Waals surface area contributed by atoms with E-state index in [0.717, 1.165) is 46.4 Å². The normalized spacial score (nSPS) is 15.4. The van der Waals surface area contributed by atoms with E-state index in [1.165, 1.54) is 0 Å². The van der Waals surface area contributed by atoms with Crippen molar-refractivity contribution in [2.45, 2.75) is 26.2 Å². The van der Waals surface area contributed by atoms with Crippen LogP contribution in [0.2, 0.25) is 0 Å². The molecule has 2 heterocycles. The molecule has 0 aliphatic carbocycles. The van der Waals surface area contributed by atoms with Gasteiger partial charge in [-0.15, -0.1) is 10.2 Å². The number of amides is 2. The average Bonchev–Trinajstić information content (AvgIpc) is 3.39. The molecule has 1 unspecified atom stereocenters. The zero-order valence-corrected chi connectivity index (χ0v) is 18.9. The lowest BCUT2D eigenvalue weighted by Crippen LogP contribution is -2.24. The van der Waals surface area contributed by atoms with Gasteiger partial charge >= 0.3 is 0 Å². The Hall–Kier alpha value is -4.26. The lowest BCUT2D eigenvalue weighted by Gasteiger charge is -2.17. The van der Waals surface area contributed by atoms with Crippen LogP contribution in [0.25, 0.3) is 0 Å². The summed E-state index contributed by atoms with van der Waals surface area (Å²) in [6.07, 6.45) is 0.243. The van der Waals surface area contributed by atoms with Crippen LogP contribution in [-0.4, -0.2) is 38.4 Å². The monoisotopic (exact) mass is 482 g/mol. The molecule has 0 radical (unpaired) electrons. The number of hydrogen-bond acceptors (Lipinski definition) is 9. The van der Waals surface area contributed by atoms with Crippen molar-refractivity contribution in [2.75, 3.05) is 16.8 Å². The van der Waals surface area contributed by atoms with Crippen molar-refractivity contribution in [3.63, 3.8) is 0 Å². The van der Waals surface area contributed by atoms with Gasteiger partial charge in [0.15, 0.2) is 0 Å². The maximum Gasteiger partial charge on any atom is 0.277 e. The predicted molar refractivity (Wildman–Crippen MR) is 123 cm³/mol. The van der Waals surface area contributed by atoms with Gasteiger partial charge < -0.3 is 4.90 Å². The maximum atomic E-state index is 12.6. The van der Waals surface area contributed by atoms with Crippen LogP contribution in [0.3, 0.4) is 0 Å². The summed E-state index contributed by atoms with van der Waals surface area (Å²) in [4.78, 5) is 47.4. The van der Waals surface area contributed by atoms with Crippen LogP contribution in [0.15, 0.2) is 36.4 Å². The third-order valence-corrected chi connectivity index (χ3v) is 6.24. The van der Waals surface area contributed by atoms with Crippen molar-refractivity contribution in [1.29, 1.82) is 0 Å². The fraction of sp³-hybridized carbons (Fsp3) is 0.238. The van der Waals surface area contributed by atoms with E-state index in [-0.39, 0.29) is 28.9 Å². The van der Waals surface area contributed by atoms with Gasteiger partial charge in [-0.2, -0.15) is 0 Å². The molecular weight excluding hydrogens is 464 g/mol. The number of anilines is 2. The van der Waals surface area contributed by atoms with Crippen molar-refractivity contribution in [3.05, 3.63) is 78.3 Å². The van der Waals surface area contributed by atoms with E-state index in [1.807, 2.05) is 32.0 Å². The molecule has 13 heteroatoms. The molecule has 0 bridgehead atoms. The molecule has 4 rings (SSSR count). The Morgan fingerprint density at radius 2 is 1.65 bits per heavy atom. The smallest absolute Gasteiger partial charge is 0.277 e. The highest BCUT2D eigenvalue weighted by Crippen LogP contribution is 2.35. The quantitative estimate of drug-likeness (QED) is 0.410. The summed E-state index contributed by atoms with van der Waals surface area (Å²) >= 11 is 1.08.